The van der Waals surface area contributed by atoms with E-state index in [4.69, 9.17) is 15.9 Å². The number of halogens is 2. The Morgan fingerprint density at radius 2 is 1.83 bits per heavy atom. The van der Waals surface area contributed by atoms with Gasteiger partial charge in [-0.15, -0.1) is 6.42 Å². The number of carbonyl (C=O) groups is 2. The lowest BCUT2D eigenvalue weighted by molar-refractivity contribution is -0.112. The third-order valence-electron chi connectivity index (χ3n) is 3.65. The molecule has 0 aliphatic carbocycles. The molecule has 0 unspecified atom stereocenters. The van der Waals surface area contributed by atoms with Gasteiger partial charge in [0, 0.05) is 5.69 Å². The molecule has 0 fully saturated rings. The molecule has 0 aromatic heterocycles. The summed E-state index contributed by atoms with van der Waals surface area (Å²) in [6, 6.07) is 11.7. The number of benzene rings is 2. The van der Waals surface area contributed by atoms with Gasteiger partial charge < -0.3 is 14.8 Å². The first-order valence-corrected chi connectivity index (χ1v) is 10.8. The average molecular weight is 626 g/mol. The Labute approximate surface area is 201 Å². The highest BCUT2D eigenvalue weighted by Gasteiger charge is 2.13. The number of carbonyl (C=O) groups excluding carboxylic acids is 2. The van der Waals surface area contributed by atoms with Gasteiger partial charge in [-0.3, -0.25) is 4.79 Å². The van der Waals surface area contributed by atoms with Crippen LogP contribution in [-0.2, 0) is 9.53 Å². The first kappa shape index (κ1) is 23.7. The maximum atomic E-state index is 12.5. The van der Waals surface area contributed by atoms with Gasteiger partial charge >= 0.3 is 5.97 Å². The van der Waals surface area contributed by atoms with Crippen LogP contribution in [0.15, 0.2) is 42.0 Å². The average Bonchev–Trinajstić information content (AvgIpc) is 2.72. The molecule has 30 heavy (non-hydrogen) atoms. The summed E-state index contributed by atoms with van der Waals surface area (Å²) >= 11 is 4.22. The van der Waals surface area contributed by atoms with Crippen molar-refractivity contribution in [3.63, 3.8) is 0 Å². The molecule has 0 bridgehead atoms. The predicted octanol–water partition coefficient (Wildman–Crippen LogP) is 4.63. The van der Waals surface area contributed by atoms with Crippen LogP contribution >= 0.6 is 45.2 Å². The van der Waals surface area contributed by atoms with E-state index in [2.05, 4.69) is 56.4 Å². The minimum Gasteiger partial charge on any atom is -0.479 e. The van der Waals surface area contributed by atoms with Gasteiger partial charge in [0.2, 0.25) is 0 Å². The standard InChI is InChI=1S/C22H16I2N2O4/c1-3-9-30-20-18(23)11-14(12-19(20)24)10-16(13-25)21(27)26-17-7-5-15(6-8-17)22(28)29-4-2/h1,5-8,10-12H,4,9H2,2H3,(H,26,27)/b16-10+. The van der Waals surface area contributed by atoms with Crippen LogP contribution in [0.3, 0.4) is 0 Å². The van der Waals surface area contributed by atoms with E-state index in [-0.39, 0.29) is 18.8 Å². The molecule has 0 saturated carbocycles. The summed E-state index contributed by atoms with van der Waals surface area (Å²) in [5.41, 5.74) is 1.45. The zero-order valence-electron chi connectivity index (χ0n) is 15.9. The first-order valence-electron chi connectivity index (χ1n) is 8.65. The monoisotopic (exact) mass is 626 g/mol. The number of ether oxygens (including phenoxy) is 2. The number of terminal acetylenes is 1. The molecule has 2 rings (SSSR count). The third-order valence-corrected chi connectivity index (χ3v) is 5.25. The summed E-state index contributed by atoms with van der Waals surface area (Å²) in [7, 11) is 0. The SMILES string of the molecule is C#CCOc1c(I)cc(/C=C(\C#N)C(=O)Nc2ccc(C(=O)OCC)cc2)cc1I. The predicted molar refractivity (Wildman–Crippen MR) is 131 cm³/mol. The second kappa shape index (κ2) is 11.6. The topological polar surface area (TPSA) is 88.4 Å². The fourth-order valence-electron chi connectivity index (χ4n) is 2.33. The Kier molecular flexibility index (Phi) is 9.15. The number of hydrogen-bond donors (Lipinski definition) is 1. The number of nitrogens with zero attached hydrogens (tertiary/aromatic N) is 1. The van der Waals surface area contributed by atoms with Crippen LogP contribution in [0.1, 0.15) is 22.8 Å². The molecular formula is C22H16I2N2O4. The molecule has 1 N–H and O–H groups in total. The van der Waals surface area contributed by atoms with Crippen molar-refractivity contribution in [1.82, 2.24) is 0 Å². The summed E-state index contributed by atoms with van der Waals surface area (Å²) in [5.74, 6) is 2.09. The number of rotatable bonds is 7. The van der Waals surface area contributed by atoms with E-state index in [9.17, 15) is 14.9 Å². The van der Waals surface area contributed by atoms with Crippen molar-refractivity contribution < 1.29 is 19.1 Å². The second-order valence-corrected chi connectivity index (χ2v) is 8.05. The fourth-order valence-corrected chi connectivity index (χ4v) is 4.46. The van der Waals surface area contributed by atoms with Crippen LogP contribution in [0, 0.1) is 30.8 Å². The van der Waals surface area contributed by atoms with Crippen molar-refractivity contribution in [2.24, 2.45) is 0 Å². The largest absolute Gasteiger partial charge is 0.479 e. The van der Waals surface area contributed by atoms with Gasteiger partial charge in [-0.25, -0.2) is 4.79 Å². The van der Waals surface area contributed by atoms with E-state index in [1.807, 2.05) is 6.07 Å². The molecule has 6 nitrogen and oxygen atoms in total. The highest BCUT2D eigenvalue weighted by Crippen LogP contribution is 2.30. The molecular weight excluding hydrogens is 610 g/mol. The van der Waals surface area contributed by atoms with Crippen molar-refractivity contribution in [3.05, 3.63) is 60.2 Å². The van der Waals surface area contributed by atoms with Crippen LogP contribution in [0.25, 0.3) is 6.08 Å². The maximum Gasteiger partial charge on any atom is 0.338 e. The summed E-state index contributed by atoms with van der Waals surface area (Å²) < 4.78 is 12.1. The van der Waals surface area contributed by atoms with E-state index >= 15 is 0 Å². The Balaban J connectivity index is 2.18. The van der Waals surface area contributed by atoms with Crippen molar-refractivity contribution >= 4 is 68.8 Å². The molecule has 0 spiro atoms. The lowest BCUT2D eigenvalue weighted by Crippen LogP contribution is -2.13. The number of nitrogens with one attached hydrogen (secondary N) is 1. The van der Waals surface area contributed by atoms with Crippen molar-refractivity contribution in [3.8, 4) is 24.2 Å². The second-order valence-electron chi connectivity index (χ2n) is 5.73. The van der Waals surface area contributed by atoms with E-state index in [1.165, 1.54) is 6.08 Å². The molecule has 0 radical (unpaired) electrons. The van der Waals surface area contributed by atoms with Gasteiger partial charge in [0.05, 0.1) is 19.3 Å². The van der Waals surface area contributed by atoms with Crippen molar-refractivity contribution in [1.29, 1.82) is 5.26 Å². The summed E-state index contributed by atoms with van der Waals surface area (Å²) in [5, 5.41) is 12.1. The molecule has 0 atom stereocenters. The molecule has 0 saturated heterocycles. The third kappa shape index (κ3) is 6.47. The minimum atomic E-state index is -0.556. The number of hydrogen-bond acceptors (Lipinski definition) is 5. The lowest BCUT2D eigenvalue weighted by Gasteiger charge is -2.09. The van der Waals surface area contributed by atoms with Gasteiger partial charge in [0.25, 0.3) is 5.91 Å². The minimum absolute atomic E-state index is 0.0617. The molecule has 0 aliphatic heterocycles. The molecule has 2 aromatic rings. The molecule has 0 aliphatic rings. The summed E-state index contributed by atoms with van der Waals surface area (Å²) in [6.45, 7) is 2.16. The van der Waals surface area contributed by atoms with Crippen molar-refractivity contribution in [2.75, 3.05) is 18.5 Å². The van der Waals surface area contributed by atoms with Crippen LogP contribution in [0.5, 0.6) is 5.75 Å². The quantitative estimate of drug-likeness (QED) is 0.159. The molecule has 2 aromatic carbocycles. The van der Waals surface area contributed by atoms with Gasteiger partial charge in [0.15, 0.2) is 0 Å². The van der Waals surface area contributed by atoms with Crippen LogP contribution in [-0.4, -0.2) is 25.1 Å². The first-order chi connectivity index (χ1) is 14.4. The van der Waals surface area contributed by atoms with Crippen LogP contribution < -0.4 is 10.1 Å². The number of esters is 1. The van der Waals surface area contributed by atoms with E-state index in [0.29, 0.717) is 22.6 Å². The van der Waals surface area contributed by atoms with Gasteiger partial charge in [-0.2, -0.15) is 5.26 Å². The zero-order chi connectivity index (χ0) is 22.1. The highest BCUT2D eigenvalue weighted by atomic mass is 127. The van der Waals surface area contributed by atoms with Gasteiger partial charge in [0.1, 0.15) is 24.0 Å². The highest BCUT2D eigenvalue weighted by molar-refractivity contribution is 14.1. The number of anilines is 1. The van der Waals surface area contributed by atoms with Gasteiger partial charge in [-0.1, -0.05) is 5.92 Å². The Morgan fingerprint density at radius 1 is 1.20 bits per heavy atom. The van der Waals surface area contributed by atoms with Crippen LogP contribution in [0.4, 0.5) is 5.69 Å². The Hall–Kier alpha value is -2.57. The Morgan fingerprint density at radius 3 is 2.37 bits per heavy atom. The molecule has 8 heteroatoms. The normalized spacial score (nSPS) is 10.5. The van der Waals surface area contributed by atoms with Crippen LogP contribution in [0.2, 0.25) is 0 Å². The van der Waals surface area contributed by atoms with E-state index in [1.54, 1.807) is 43.3 Å². The van der Waals surface area contributed by atoms with E-state index < -0.39 is 11.9 Å². The Bertz CT molecular complexity index is 1040. The number of amides is 1. The van der Waals surface area contributed by atoms with Gasteiger partial charge in [-0.05, 0) is 100 Å². The molecule has 152 valence electrons. The van der Waals surface area contributed by atoms with Crippen molar-refractivity contribution in [2.45, 2.75) is 6.92 Å². The molecule has 0 heterocycles. The fraction of sp³-hybridized carbons (Fsp3) is 0.136. The summed E-state index contributed by atoms with van der Waals surface area (Å²) in [4.78, 5) is 24.2. The summed E-state index contributed by atoms with van der Waals surface area (Å²) in [6.07, 6.45) is 6.73. The van der Waals surface area contributed by atoms with E-state index in [0.717, 1.165) is 7.14 Å². The smallest absolute Gasteiger partial charge is 0.338 e. The lowest BCUT2D eigenvalue weighted by atomic mass is 10.1. The maximum absolute atomic E-state index is 12.5. The molecule has 1 amide bonds. The number of nitriles is 1. The zero-order valence-corrected chi connectivity index (χ0v) is 20.2.